The first kappa shape index (κ1) is 15.3. The number of piperidine rings is 1. The number of benzene rings is 1. The lowest BCUT2D eigenvalue weighted by Crippen LogP contribution is -2.34. The number of carbonyl (C=O) groups excluding carboxylic acids is 1. The quantitative estimate of drug-likeness (QED) is 0.910. The number of nitrogens with one attached hydrogen (secondary N) is 1. The minimum Gasteiger partial charge on any atom is -0.317 e. The van der Waals surface area contributed by atoms with E-state index in [0.717, 1.165) is 38.0 Å². The maximum atomic E-state index is 12.9. The van der Waals surface area contributed by atoms with Gasteiger partial charge in [-0.15, -0.1) is 12.4 Å². The molecule has 1 saturated heterocycles. The number of anilines is 1. The van der Waals surface area contributed by atoms with Crippen LogP contribution in [0.3, 0.4) is 0 Å². The van der Waals surface area contributed by atoms with E-state index in [9.17, 15) is 9.18 Å². The zero-order valence-electron chi connectivity index (χ0n) is 11.6. The van der Waals surface area contributed by atoms with Gasteiger partial charge in [0, 0.05) is 18.7 Å². The van der Waals surface area contributed by atoms with Crippen molar-refractivity contribution in [1.29, 1.82) is 0 Å². The molecule has 110 valence electrons. The molecule has 1 saturated carbocycles. The molecule has 1 spiro atoms. The molecule has 1 atom stereocenters. The summed E-state index contributed by atoms with van der Waals surface area (Å²) in [5, 5.41) is 3.34. The number of rotatable bonds is 2. The van der Waals surface area contributed by atoms with E-state index in [1.54, 1.807) is 24.1 Å². The predicted octanol–water partition coefficient (Wildman–Crippen LogP) is 2.60. The van der Waals surface area contributed by atoms with Crippen molar-refractivity contribution >= 4 is 24.0 Å². The molecule has 2 fully saturated rings. The minimum absolute atomic E-state index is 0. The fourth-order valence-corrected chi connectivity index (χ4v) is 3.20. The first-order valence-corrected chi connectivity index (χ1v) is 6.86. The highest BCUT2D eigenvalue weighted by Crippen LogP contribution is 2.59. The zero-order chi connectivity index (χ0) is 13.5. The molecule has 0 bridgehead atoms. The second kappa shape index (κ2) is 5.70. The third kappa shape index (κ3) is 2.67. The van der Waals surface area contributed by atoms with Crippen LogP contribution >= 0.6 is 12.4 Å². The Morgan fingerprint density at radius 2 is 1.90 bits per heavy atom. The van der Waals surface area contributed by atoms with Crippen LogP contribution in [0.15, 0.2) is 24.3 Å². The van der Waals surface area contributed by atoms with Gasteiger partial charge in [0.2, 0.25) is 5.91 Å². The van der Waals surface area contributed by atoms with E-state index in [1.807, 2.05) is 0 Å². The van der Waals surface area contributed by atoms with Crippen LogP contribution in [0.1, 0.15) is 19.3 Å². The Morgan fingerprint density at radius 3 is 2.50 bits per heavy atom. The van der Waals surface area contributed by atoms with Crippen molar-refractivity contribution in [2.75, 3.05) is 25.0 Å². The maximum Gasteiger partial charge on any atom is 0.230 e. The number of halogens is 2. The monoisotopic (exact) mass is 298 g/mol. The van der Waals surface area contributed by atoms with Crippen LogP contribution in [0.25, 0.3) is 0 Å². The molecule has 1 amide bonds. The topological polar surface area (TPSA) is 32.3 Å². The lowest BCUT2D eigenvalue weighted by Gasteiger charge is -2.25. The molecule has 2 aliphatic rings. The zero-order valence-corrected chi connectivity index (χ0v) is 12.4. The molecular formula is C15H20ClFN2O. The molecule has 3 rings (SSSR count). The van der Waals surface area contributed by atoms with Crippen molar-refractivity contribution in [3.05, 3.63) is 30.1 Å². The van der Waals surface area contributed by atoms with Crippen LogP contribution < -0.4 is 10.2 Å². The van der Waals surface area contributed by atoms with E-state index in [-0.39, 0.29) is 35.5 Å². The molecular weight excluding hydrogens is 279 g/mol. The summed E-state index contributed by atoms with van der Waals surface area (Å²) in [5.74, 6) is 0.0593. The van der Waals surface area contributed by atoms with Crippen molar-refractivity contribution in [3.8, 4) is 0 Å². The first-order chi connectivity index (χ1) is 9.12. The summed E-state index contributed by atoms with van der Waals surface area (Å²) in [6, 6.07) is 6.11. The van der Waals surface area contributed by atoms with Crippen molar-refractivity contribution in [2.45, 2.75) is 19.3 Å². The van der Waals surface area contributed by atoms with Crippen LogP contribution in [0.2, 0.25) is 0 Å². The third-order valence-corrected chi connectivity index (χ3v) is 4.63. The van der Waals surface area contributed by atoms with Gasteiger partial charge in [0.15, 0.2) is 0 Å². The van der Waals surface area contributed by atoms with Crippen LogP contribution in [0, 0.1) is 17.2 Å². The van der Waals surface area contributed by atoms with Gasteiger partial charge in [-0.3, -0.25) is 4.79 Å². The van der Waals surface area contributed by atoms with Crippen LogP contribution in [0.5, 0.6) is 0 Å². The van der Waals surface area contributed by atoms with Crippen LogP contribution in [-0.4, -0.2) is 26.0 Å². The highest BCUT2D eigenvalue weighted by molar-refractivity contribution is 5.96. The van der Waals surface area contributed by atoms with Crippen molar-refractivity contribution in [2.24, 2.45) is 11.3 Å². The molecule has 1 aromatic rings. The Labute approximate surface area is 124 Å². The number of hydrogen-bond acceptors (Lipinski definition) is 2. The van der Waals surface area contributed by atoms with Gasteiger partial charge in [-0.2, -0.15) is 0 Å². The highest BCUT2D eigenvalue weighted by Gasteiger charge is 2.58. The molecule has 0 aromatic heterocycles. The van der Waals surface area contributed by atoms with Gasteiger partial charge in [0.25, 0.3) is 0 Å². The van der Waals surface area contributed by atoms with Crippen LogP contribution in [0.4, 0.5) is 10.1 Å². The van der Waals surface area contributed by atoms with E-state index < -0.39 is 0 Å². The summed E-state index contributed by atoms with van der Waals surface area (Å²) in [6.45, 7) is 2.04. The number of nitrogens with zero attached hydrogens (tertiary/aromatic N) is 1. The average molecular weight is 299 g/mol. The SMILES string of the molecule is CN(C(=O)C1CC12CCNCC2)c1ccc(F)cc1.Cl. The summed E-state index contributed by atoms with van der Waals surface area (Å²) in [7, 11) is 1.78. The molecule has 0 radical (unpaired) electrons. The molecule has 20 heavy (non-hydrogen) atoms. The molecule has 1 N–H and O–H groups in total. The molecule has 1 aromatic carbocycles. The fraction of sp³-hybridized carbons (Fsp3) is 0.533. The van der Waals surface area contributed by atoms with Gasteiger partial charge in [-0.1, -0.05) is 0 Å². The molecule has 3 nitrogen and oxygen atoms in total. The summed E-state index contributed by atoms with van der Waals surface area (Å²) in [6.07, 6.45) is 3.21. The smallest absolute Gasteiger partial charge is 0.230 e. The molecule has 5 heteroatoms. The first-order valence-electron chi connectivity index (χ1n) is 6.86. The fourth-order valence-electron chi connectivity index (χ4n) is 3.20. The van der Waals surface area contributed by atoms with Gasteiger partial charge in [-0.25, -0.2) is 4.39 Å². The van der Waals surface area contributed by atoms with Crippen molar-refractivity contribution in [1.82, 2.24) is 5.32 Å². The minimum atomic E-state index is -0.272. The lowest BCUT2D eigenvalue weighted by molar-refractivity contribution is -0.120. The summed E-state index contributed by atoms with van der Waals surface area (Å²) < 4.78 is 12.9. The van der Waals surface area contributed by atoms with Gasteiger partial charge < -0.3 is 10.2 Å². The predicted molar refractivity (Wildman–Crippen MR) is 79.7 cm³/mol. The molecule has 1 heterocycles. The summed E-state index contributed by atoms with van der Waals surface area (Å²) in [5.41, 5.74) is 1.01. The largest absolute Gasteiger partial charge is 0.317 e. The maximum absolute atomic E-state index is 12.9. The van der Waals surface area contributed by atoms with Gasteiger partial charge in [-0.05, 0) is 62.0 Å². The molecule has 1 unspecified atom stereocenters. The van der Waals surface area contributed by atoms with Gasteiger partial charge in [0.05, 0.1) is 0 Å². The average Bonchev–Trinajstić information content (AvgIpc) is 3.12. The normalized spacial score (nSPS) is 23.0. The summed E-state index contributed by atoms with van der Waals surface area (Å²) >= 11 is 0. The lowest BCUT2D eigenvalue weighted by atomic mass is 9.91. The second-order valence-corrected chi connectivity index (χ2v) is 5.74. The standard InChI is InChI=1S/C15H19FN2O.ClH/c1-18(12-4-2-11(16)3-5-12)14(19)13-10-15(13)6-8-17-9-7-15;/h2-5,13,17H,6-10H2,1H3;1H. The Kier molecular flexibility index (Phi) is 4.35. The van der Waals surface area contributed by atoms with Gasteiger partial charge >= 0.3 is 0 Å². The van der Waals surface area contributed by atoms with E-state index >= 15 is 0 Å². The van der Waals surface area contributed by atoms with E-state index in [0.29, 0.717) is 0 Å². The third-order valence-electron chi connectivity index (χ3n) is 4.63. The van der Waals surface area contributed by atoms with Crippen LogP contribution in [-0.2, 0) is 4.79 Å². The Bertz CT molecular complexity index is 485. The Morgan fingerprint density at radius 1 is 1.30 bits per heavy atom. The van der Waals surface area contributed by atoms with Gasteiger partial charge in [0.1, 0.15) is 5.82 Å². The number of hydrogen-bond donors (Lipinski definition) is 1. The molecule has 1 aliphatic heterocycles. The van der Waals surface area contributed by atoms with E-state index in [4.69, 9.17) is 0 Å². The summed E-state index contributed by atoms with van der Waals surface area (Å²) in [4.78, 5) is 14.1. The van der Waals surface area contributed by atoms with E-state index in [1.165, 1.54) is 12.1 Å². The second-order valence-electron chi connectivity index (χ2n) is 5.74. The van der Waals surface area contributed by atoms with Crippen molar-refractivity contribution in [3.63, 3.8) is 0 Å². The number of carbonyl (C=O) groups is 1. The number of amides is 1. The van der Waals surface area contributed by atoms with E-state index in [2.05, 4.69) is 5.32 Å². The molecule has 1 aliphatic carbocycles. The highest BCUT2D eigenvalue weighted by atomic mass is 35.5. The Balaban J connectivity index is 0.00000147. The Hall–Kier alpha value is -1.13. The van der Waals surface area contributed by atoms with Crippen molar-refractivity contribution < 1.29 is 9.18 Å².